The normalized spacial score (nSPS) is 13.6. The van der Waals surface area contributed by atoms with E-state index < -0.39 is 0 Å². The van der Waals surface area contributed by atoms with E-state index in [9.17, 15) is 4.79 Å². The predicted octanol–water partition coefficient (Wildman–Crippen LogP) is 2.87. The predicted molar refractivity (Wildman–Crippen MR) is 145 cm³/mol. The summed E-state index contributed by atoms with van der Waals surface area (Å²) in [7, 11) is 6.59. The minimum absolute atomic E-state index is 0.218. The van der Waals surface area contributed by atoms with Crippen molar-refractivity contribution in [1.82, 2.24) is 20.2 Å². The number of morpholine rings is 1. The smallest absolute Gasteiger partial charge is 0.256 e. The lowest BCUT2D eigenvalue weighted by Crippen LogP contribution is -2.41. The second-order valence-electron chi connectivity index (χ2n) is 8.90. The van der Waals surface area contributed by atoms with Gasteiger partial charge >= 0.3 is 0 Å². The van der Waals surface area contributed by atoms with Gasteiger partial charge in [0.15, 0.2) is 17.3 Å². The Morgan fingerprint density at radius 1 is 1.05 bits per heavy atom. The Labute approximate surface area is 223 Å². The summed E-state index contributed by atoms with van der Waals surface area (Å²) in [6.07, 6.45) is 1.58. The topological polar surface area (TPSA) is 98.3 Å². The number of ether oxygens (including phenoxy) is 4. The van der Waals surface area contributed by atoms with E-state index >= 15 is 0 Å². The number of hydrogen-bond acceptors (Lipinski definition) is 9. The van der Waals surface area contributed by atoms with Crippen molar-refractivity contribution in [2.45, 2.75) is 6.54 Å². The Morgan fingerprint density at radius 3 is 2.37 bits per heavy atom. The average Bonchev–Trinajstić information content (AvgIpc) is 2.97. The SMILES string of the molecule is COc1cc(-c2ncc(C(=O)NCCN3CCOCC3)c(N(C)Cc3ccccc3)n2)cc(OC)c1OC. The minimum Gasteiger partial charge on any atom is -0.493 e. The van der Waals surface area contributed by atoms with Crippen molar-refractivity contribution in [2.24, 2.45) is 0 Å². The molecule has 2 heterocycles. The maximum absolute atomic E-state index is 13.3. The number of nitrogens with zero attached hydrogens (tertiary/aromatic N) is 4. The molecule has 1 saturated heterocycles. The Hall–Kier alpha value is -3.89. The highest BCUT2D eigenvalue weighted by Crippen LogP contribution is 2.40. The molecule has 0 radical (unpaired) electrons. The molecule has 1 amide bonds. The summed E-state index contributed by atoms with van der Waals surface area (Å²) in [5, 5.41) is 3.03. The maximum atomic E-state index is 13.3. The number of nitrogens with one attached hydrogen (secondary N) is 1. The zero-order chi connectivity index (χ0) is 26.9. The number of amides is 1. The molecule has 1 fully saturated rings. The summed E-state index contributed by atoms with van der Waals surface area (Å²) in [6.45, 7) is 5.03. The fraction of sp³-hybridized carbons (Fsp3) is 0.393. The van der Waals surface area contributed by atoms with E-state index in [1.54, 1.807) is 39.7 Å². The molecule has 0 saturated carbocycles. The molecular formula is C28H35N5O5. The van der Waals surface area contributed by atoms with Crippen molar-refractivity contribution in [3.8, 4) is 28.6 Å². The summed E-state index contributed by atoms with van der Waals surface area (Å²) in [4.78, 5) is 26.9. The Morgan fingerprint density at radius 2 is 1.74 bits per heavy atom. The number of rotatable bonds is 11. The van der Waals surface area contributed by atoms with E-state index in [1.165, 1.54) is 0 Å². The molecule has 3 aromatic rings. The Balaban J connectivity index is 1.64. The van der Waals surface area contributed by atoms with Crippen molar-refractivity contribution in [3.63, 3.8) is 0 Å². The zero-order valence-corrected chi connectivity index (χ0v) is 22.4. The van der Waals surface area contributed by atoms with Gasteiger partial charge in [-0.05, 0) is 17.7 Å². The van der Waals surface area contributed by atoms with E-state index in [2.05, 4.69) is 15.2 Å². The number of benzene rings is 2. The third-order valence-corrected chi connectivity index (χ3v) is 6.38. The quantitative estimate of drug-likeness (QED) is 0.408. The Kier molecular flexibility index (Phi) is 9.34. The third-order valence-electron chi connectivity index (χ3n) is 6.38. The first-order valence-electron chi connectivity index (χ1n) is 12.5. The van der Waals surface area contributed by atoms with Crippen LogP contribution in [0.5, 0.6) is 17.2 Å². The molecule has 1 aliphatic heterocycles. The van der Waals surface area contributed by atoms with Crippen molar-refractivity contribution >= 4 is 11.7 Å². The van der Waals surface area contributed by atoms with Crippen molar-refractivity contribution in [2.75, 3.05) is 72.7 Å². The van der Waals surface area contributed by atoms with E-state index in [0.717, 1.165) is 38.4 Å². The van der Waals surface area contributed by atoms with Gasteiger partial charge in [0.1, 0.15) is 11.4 Å². The van der Waals surface area contributed by atoms with Crippen LogP contribution in [0.3, 0.4) is 0 Å². The van der Waals surface area contributed by atoms with Crippen LogP contribution in [0.15, 0.2) is 48.7 Å². The third kappa shape index (κ3) is 6.51. The standard InChI is InChI=1S/C28H35N5O5/c1-32(19-20-8-6-5-7-9-20)27-22(28(34)29-10-11-33-12-14-38-15-13-33)18-30-26(31-27)21-16-23(35-2)25(37-4)24(17-21)36-3/h5-9,16-18H,10-15,19H2,1-4H3,(H,29,34). The summed E-state index contributed by atoms with van der Waals surface area (Å²) in [5.41, 5.74) is 2.18. The Bertz CT molecular complexity index is 1190. The van der Waals surface area contributed by atoms with Crippen LogP contribution in [0.4, 0.5) is 5.82 Å². The summed E-state index contributed by atoms with van der Waals surface area (Å²) < 4.78 is 21.9. The van der Waals surface area contributed by atoms with Crippen LogP contribution < -0.4 is 24.4 Å². The van der Waals surface area contributed by atoms with Gasteiger partial charge in [-0.3, -0.25) is 9.69 Å². The van der Waals surface area contributed by atoms with Gasteiger partial charge in [0, 0.05) is 51.5 Å². The van der Waals surface area contributed by atoms with Crippen LogP contribution in [0.2, 0.25) is 0 Å². The molecule has 10 nitrogen and oxygen atoms in total. The maximum Gasteiger partial charge on any atom is 0.256 e. The molecule has 0 aliphatic carbocycles. The lowest BCUT2D eigenvalue weighted by atomic mass is 10.1. The van der Waals surface area contributed by atoms with Crippen LogP contribution in [-0.4, -0.2) is 88.5 Å². The molecule has 0 spiro atoms. The van der Waals surface area contributed by atoms with E-state index in [4.69, 9.17) is 23.9 Å². The van der Waals surface area contributed by atoms with Gasteiger partial charge in [-0.2, -0.15) is 0 Å². The molecule has 10 heteroatoms. The first-order valence-corrected chi connectivity index (χ1v) is 12.5. The molecule has 38 heavy (non-hydrogen) atoms. The molecule has 1 aromatic heterocycles. The molecule has 1 N–H and O–H groups in total. The molecule has 202 valence electrons. The van der Waals surface area contributed by atoms with Crippen LogP contribution in [-0.2, 0) is 11.3 Å². The molecule has 0 unspecified atom stereocenters. The lowest BCUT2D eigenvalue weighted by Gasteiger charge is -2.26. The number of hydrogen-bond donors (Lipinski definition) is 1. The fourth-order valence-electron chi connectivity index (χ4n) is 4.35. The van der Waals surface area contributed by atoms with Crippen LogP contribution in [0, 0.1) is 0 Å². The van der Waals surface area contributed by atoms with Crippen LogP contribution in [0.1, 0.15) is 15.9 Å². The average molecular weight is 522 g/mol. The highest BCUT2D eigenvalue weighted by Gasteiger charge is 2.21. The monoisotopic (exact) mass is 521 g/mol. The fourth-order valence-corrected chi connectivity index (χ4v) is 4.35. The largest absolute Gasteiger partial charge is 0.493 e. The van der Waals surface area contributed by atoms with Crippen LogP contribution in [0.25, 0.3) is 11.4 Å². The zero-order valence-electron chi connectivity index (χ0n) is 22.4. The first-order chi connectivity index (χ1) is 18.5. The lowest BCUT2D eigenvalue weighted by molar-refractivity contribution is 0.0383. The van der Waals surface area contributed by atoms with Gasteiger partial charge in [-0.1, -0.05) is 30.3 Å². The number of anilines is 1. The summed E-state index contributed by atoms with van der Waals surface area (Å²) in [5.74, 6) is 2.21. The number of methoxy groups -OCH3 is 3. The first kappa shape index (κ1) is 27.2. The molecular weight excluding hydrogens is 486 g/mol. The summed E-state index contributed by atoms with van der Waals surface area (Å²) in [6, 6.07) is 13.6. The summed E-state index contributed by atoms with van der Waals surface area (Å²) >= 11 is 0. The van der Waals surface area contributed by atoms with Crippen molar-refractivity contribution < 1.29 is 23.7 Å². The van der Waals surface area contributed by atoms with E-state index in [-0.39, 0.29) is 5.91 Å². The molecule has 2 aromatic carbocycles. The second kappa shape index (κ2) is 13.1. The van der Waals surface area contributed by atoms with Gasteiger partial charge in [0.25, 0.3) is 5.91 Å². The minimum atomic E-state index is -0.218. The number of carbonyl (C=O) groups is 1. The number of carbonyl (C=O) groups excluding carboxylic acids is 1. The molecule has 1 aliphatic rings. The molecule has 0 atom stereocenters. The highest BCUT2D eigenvalue weighted by molar-refractivity contribution is 5.98. The van der Waals surface area contributed by atoms with Crippen molar-refractivity contribution in [1.29, 1.82) is 0 Å². The molecule has 0 bridgehead atoms. The van der Waals surface area contributed by atoms with Crippen LogP contribution >= 0.6 is 0 Å². The van der Waals surface area contributed by atoms with Crippen molar-refractivity contribution in [3.05, 3.63) is 59.8 Å². The van der Waals surface area contributed by atoms with E-state index in [0.29, 0.717) is 53.1 Å². The molecule has 4 rings (SSSR count). The highest BCUT2D eigenvalue weighted by atomic mass is 16.5. The van der Waals surface area contributed by atoms with Gasteiger partial charge in [0.2, 0.25) is 5.75 Å². The van der Waals surface area contributed by atoms with E-state index in [1.807, 2.05) is 42.3 Å². The number of aromatic nitrogens is 2. The van der Waals surface area contributed by atoms with Gasteiger partial charge in [0.05, 0.1) is 34.5 Å². The van der Waals surface area contributed by atoms with Gasteiger partial charge in [-0.15, -0.1) is 0 Å². The van der Waals surface area contributed by atoms with Gasteiger partial charge < -0.3 is 29.2 Å². The second-order valence-corrected chi connectivity index (χ2v) is 8.90. The van der Waals surface area contributed by atoms with Gasteiger partial charge in [-0.25, -0.2) is 9.97 Å².